The standard InChI is InChI=1S/C14H26N2O2/c1-4-15-14(3,13(17)18)8-10(2)16-9-11-5-6-12(16)7-11/h10-12,15H,4-9H2,1-3H3,(H,17,18). The summed E-state index contributed by atoms with van der Waals surface area (Å²) < 4.78 is 0. The molecule has 0 aromatic carbocycles. The highest BCUT2D eigenvalue weighted by atomic mass is 16.4. The Morgan fingerprint density at radius 2 is 2.28 bits per heavy atom. The van der Waals surface area contributed by atoms with Gasteiger partial charge < -0.3 is 10.4 Å². The Hall–Kier alpha value is -0.610. The van der Waals surface area contributed by atoms with Crippen molar-refractivity contribution < 1.29 is 9.90 Å². The first-order valence-corrected chi connectivity index (χ1v) is 7.20. The van der Waals surface area contributed by atoms with E-state index in [4.69, 9.17) is 0 Å². The normalized spacial score (nSPS) is 32.4. The molecule has 1 aliphatic heterocycles. The highest BCUT2D eigenvalue weighted by Gasteiger charge is 2.42. The predicted molar refractivity (Wildman–Crippen MR) is 71.6 cm³/mol. The fourth-order valence-corrected chi connectivity index (χ4v) is 3.84. The summed E-state index contributed by atoms with van der Waals surface area (Å²) >= 11 is 0. The number of nitrogens with zero attached hydrogens (tertiary/aromatic N) is 1. The van der Waals surface area contributed by atoms with Gasteiger partial charge >= 0.3 is 5.97 Å². The molecule has 2 N–H and O–H groups in total. The highest BCUT2D eigenvalue weighted by molar-refractivity contribution is 5.78. The number of hydrogen-bond acceptors (Lipinski definition) is 3. The summed E-state index contributed by atoms with van der Waals surface area (Å²) in [5.74, 6) is 0.133. The molecular weight excluding hydrogens is 228 g/mol. The molecule has 4 nitrogen and oxygen atoms in total. The molecule has 18 heavy (non-hydrogen) atoms. The number of likely N-dealkylation sites (N-methyl/N-ethyl adjacent to an activating group) is 1. The lowest BCUT2D eigenvalue weighted by Gasteiger charge is -2.37. The molecule has 1 heterocycles. The molecule has 0 amide bonds. The van der Waals surface area contributed by atoms with Crippen molar-refractivity contribution in [3.63, 3.8) is 0 Å². The van der Waals surface area contributed by atoms with Crippen LogP contribution >= 0.6 is 0 Å². The Morgan fingerprint density at radius 3 is 2.72 bits per heavy atom. The van der Waals surface area contributed by atoms with E-state index in [-0.39, 0.29) is 0 Å². The molecule has 4 heteroatoms. The molecule has 2 bridgehead atoms. The van der Waals surface area contributed by atoms with Gasteiger partial charge in [0.05, 0.1) is 0 Å². The van der Waals surface area contributed by atoms with E-state index in [1.165, 1.54) is 25.8 Å². The summed E-state index contributed by atoms with van der Waals surface area (Å²) in [6.07, 6.45) is 4.69. The smallest absolute Gasteiger partial charge is 0.323 e. The van der Waals surface area contributed by atoms with Crippen molar-refractivity contribution in [1.29, 1.82) is 0 Å². The zero-order valence-electron chi connectivity index (χ0n) is 11.8. The van der Waals surface area contributed by atoms with Gasteiger partial charge in [-0.25, -0.2) is 0 Å². The molecule has 2 fully saturated rings. The number of carboxylic acids is 1. The number of hydrogen-bond donors (Lipinski definition) is 2. The maximum absolute atomic E-state index is 11.4. The van der Waals surface area contributed by atoms with Gasteiger partial charge in [0.25, 0.3) is 0 Å². The maximum atomic E-state index is 11.4. The first-order valence-electron chi connectivity index (χ1n) is 7.20. The minimum absolute atomic E-state index is 0.348. The van der Waals surface area contributed by atoms with Crippen molar-refractivity contribution in [3.8, 4) is 0 Å². The summed E-state index contributed by atoms with van der Waals surface area (Å²) in [5, 5.41) is 12.5. The second-order valence-corrected chi connectivity index (χ2v) is 6.25. The van der Waals surface area contributed by atoms with E-state index in [1.807, 2.05) is 13.8 Å². The molecule has 104 valence electrons. The van der Waals surface area contributed by atoms with Crippen LogP contribution in [0.3, 0.4) is 0 Å². The first-order chi connectivity index (χ1) is 8.46. The van der Waals surface area contributed by atoms with Gasteiger partial charge in [0, 0.05) is 18.6 Å². The summed E-state index contributed by atoms with van der Waals surface area (Å²) in [7, 11) is 0. The summed E-state index contributed by atoms with van der Waals surface area (Å²) in [4.78, 5) is 14.0. The lowest BCUT2D eigenvalue weighted by atomic mass is 9.92. The third kappa shape index (κ3) is 2.54. The monoisotopic (exact) mass is 254 g/mol. The number of likely N-dealkylation sites (tertiary alicyclic amines) is 1. The number of rotatable bonds is 6. The van der Waals surface area contributed by atoms with Crippen LogP contribution in [-0.4, -0.2) is 46.7 Å². The minimum atomic E-state index is -0.796. The molecule has 4 unspecified atom stereocenters. The van der Waals surface area contributed by atoms with Crippen molar-refractivity contribution in [2.24, 2.45) is 5.92 Å². The topological polar surface area (TPSA) is 52.6 Å². The van der Waals surface area contributed by atoms with Gasteiger partial charge in [0.2, 0.25) is 0 Å². The average Bonchev–Trinajstić information content (AvgIpc) is 2.90. The lowest BCUT2D eigenvalue weighted by molar-refractivity contribution is -0.145. The molecule has 2 aliphatic rings. The lowest BCUT2D eigenvalue weighted by Crippen LogP contribution is -2.54. The molecule has 0 radical (unpaired) electrons. The second-order valence-electron chi connectivity index (χ2n) is 6.25. The number of fused-ring (bicyclic) bond motifs is 2. The Bertz CT molecular complexity index is 321. The van der Waals surface area contributed by atoms with Crippen LogP contribution in [0.2, 0.25) is 0 Å². The maximum Gasteiger partial charge on any atom is 0.323 e. The molecule has 0 spiro atoms. The molecule has 0 aromatic rings. The first kappa shape index (κ1) is 13.8. The van der Waals surface area contributed by atoms with Crippen LogP contribution < -0.4 is 5.32 Å². The van der Waals surface area contributed by atoms with Crippen molar-refractivity contribution >= 4 is 5.97 Å². The van der Waals surface area contributed by atoms with E-state index in [9.17, 15) is 9.90 Å². The van der Waals surface area contributed by atoms with E-state index in [0.29, 0.717) is 25.0 Å². The predicted octanol–water partition coefficient (Wildman–Crippen LogP) is 1.70. The van der Waals surface area contributed by atoms with Gasteiger partial charge in [-0.05, 0) is 52.0 Å². The third-order valence-corrected chi connectivity index (χ3v) is 4.76. The Morgan fingerprint density at radius 1 is 1.56 bits per heavy atom. The summed E-state index contributed by atoms with van der Waals surface area (Å²) in [5.41, 5.74) is -0.796. The molecule has 1 saturated carbocycles. The molecule has 0 aromatic heterocycles. The number of nitrogens with one attached hydrogen (secondary N) is 1. The van der Waals surface area contributed by atoms with E-state index >= 15 is 0 Å². The fourth-order valence-electron chi connectivity index (χ4n) is 3.84. The molecular formula is C14H26N2O2. The molecule has 1 saturated heterocycles. The Balaban J connectivity index is 1.97. The molecule has 2 rings (SSSR count). The summed E-state index contributed by atoms with van der Waals surface area (Å²) in [6, 6.07) is 1.06. The van der Waals surface area contributed by atoms with Crippen LogP contribution in [-0.2, 0) is 4.79 Å². The van der Waals surface area contributed by atoms with Gasteiger partial charge in [-0.2, -0.15) is 0 Å². The van der Waals surface area contributed by atoms with Crippen LogP contribution in [0, 0.1) is 5.92 Å². The van der Waals surface area contributed by atoms with E-state index in [2.05, 4.69) is 17.1 Å². The zero-order valence-corrected chi connectivity index (χ0v) is 11.8. The molecule has 4 atom stereocenters. The van der Waals surface area contributed by atoms with Crippen LogP contribution in [0.25, 0.3) is 0 Å². The van der Waals surface area contributed by atoms with Gasteiger partial charge in [-0.15, -0.1) is 0 Å². The van der Waals surface area contributed by atoms with Gasteiger partial charge in [0.1, 0.15) is 5.54 Å². The van der Waals surface area contributed by atoms with Crippen LogP contribution in [0.1, 0.15) is 46.5 Å². The second kappa shape index (κ2) is 5.17. The highest BCUT2D eigenvalue weighted by Crippen LogP contribution is 2.39. The van der Waals surface area contributed by atoms with E-state index < -0.39 is 11.5 Å². The van der Waals surface area contributed by atoms with Gasteiger partial charge in [-0.3, -0.25) is 9.69 Å². The Labute approximate surface area is 110 Å². The van der Waals surface area contributed by atoms with Crippen molar-refractivity contribution in [2.45, 2.75) is 64.1 Å². The van der Waals surface area contributed by atoms with Gasteiger partial charge in [-0.1, -0.05) is 6.92 Å². The number of carboxylic acid groups (broad SMARTS) is 1. The summed E-state index contributed by atoms with van der Waals surface area (Å²) in [6.45, 7) is 7.82. The largest absolute Gasteiger partial charge is 0.480 e. The SMILES string of the molecule is CCNC(C)(CC(C)N1CC2CCC1C2)C(=O)O. The minimum Gasteiger partial charge on any atom is -0.480 e. The zero-order chi connectivity index (χ0) is 13.3. The van der Waals surface area contributed by atoms with Gasteiger partial charge in [0.15, 0.2) is 0 Å². The van der Waals surface area contributed by atoms with Crippen LogP contribution in [0.15, 0.2) is 0 Å². The quantitative estimate of drug-likeness (QED) is 0.757. The third-order valence-electron chi connectivity index (χ3n) is 4.76. The Kier molecular flexibility index (Phi) is 3.97. The van der Waals surface area contributed by atoms with Crippen molar-refractivity contribution in [3.05, 3.63) is 0 Å². The van der Waals surface area contributed by atoms with Crippen LogP contribution in [0.5, 0.6) is 0 Å². The average molecular weight is 254 g/mol. The van der Waals surface area contributed by atoms with E-state index in [0.717, 1.165) is 5.92 Å². The fraction of sp³-hybridized carbons (Fsp3) is 0.929. The molecule has 1 aliphatic carbocycles. The van der Waals surface area contributed by atoms with E-state index in [1.54, 1.807) is 0 Å². The van der Waals surface area contributed by atoms with Crippen LogP contribution in [0.4, 0.5) is 0 Å². The number of aliphatic carboxylic acids is 1. The van der Waals surface area contributed by atoms with Crippen molar-refractivity contribution in [1.82, 2.24) is 10.2 Å². The number of carbonyl (C=O) groups is 1. The van der Waals surface area contributed by atoms with Crippen molar-refractivity contribution in [2.75, 3.05) is 13.1 Å². The number of piperidine rings is 1.